The molecule has 0 aliphatic carbocycles. The third-order valence-electron chi connectivity index (χ3n) is 11.7. The first kappa shape index (κ1) is 56.1. The summed E-state index contributed by atoms with van der Waals surface area (Å²) in [6, 6.07) is 9.04. The second-order valence-electron chi connectivity index (χ2n) is 17.6. The third-order valence-corrected chi connectivity index (χ3v) is 11.7. The molecule has 0 fully saturated rings. The normalized spacial score (nSPS) is 11.0. The molecule has 0 unspecified atom stereocenters. The number of nitrogens with one attached hydrogen (secondary N) is 9. The number of carbonyl (C=O) groups is 9. The van der Waals surface area contributed by atoms with E-state index in [2.05, 4.69) is 47.9 Å². The number of nitrogens with zero attached hydrogens (tertiary/aromatic N) is 7. The molecule has 9 amide bonds. The van der Waals surface area contributed by atoms with Crippen molar-refractivity contribution in [2.45, 2.75) is 0 Å². The van der Waals surface area contributed by atoms with Gasteiger partial charge in [0.15, 0.2) is 0 Å². The Kier molecular flexibility index (Phi) is 18.5. The molecule has 0 saturated carbocycles. The highest BCUT2D eigenvalue weighted by molar-refractivity contribution is 6.08. The van der Waals surface area contributed by atoms with Gasteiger partial charge in [0.2, 0.25) is 17.7 Å². The molecule has 28 nitrogen and oxygen atoms in total. The fourth-order valence-corrected chi connectivity index (χ4v) is 7.96. The molecule has 6 rings (SSSR count). The smallest absolute Gasteiger partial charge is 0.272 e. The van der Waals surface area contributed by atoms with Crippen molar-refractivity contribution in [3.63, 3.8) is 0 Å². The first-order chi connectivity index (χ1) is 36.2. The van der Waals surface area contributed by atoms with Crippen molar-refractivity contribution in [2.24, 2.45) is 59.5 Å². The quantitative estimate of drug-likeness (QED) is 0.0349. The van der Waals surface area contributed by atoms with E-state index in [9.17, 15) is 43.2 Å². The van der Waals surface area contributed by atoms with E-state index in [1.807, 2.05) is 4.90 Å². The summed E-state index contributed by atoms with van der Waals surface area (Å²) in [4.78, 5) is 117. The average molecular weight is 1050 g/mol. The highest BCUT2D eigenvalue weighted by atomic mass is 16.2. The molecule has 0 aliphatic heterocycles. The van der Waals surface area contributed by atoms with E-state index in [1.54, 1.807) is 93.2 Å². The molecule has 0 atom stereocenters. The van der Waals surface area contributed by atoms with E-state index in [-0.39, 0.29) is 93.1 Å². The molecule has 76 heavy (non-hydrogen) atoms. The van der Waals surface area contributed by atoms with Gasteiger partial charge in [0.25, 0.3) is 35.4 Å². The Balaban J connectivity index is 1.07. The maximum Gasteiger partial charge on any atom is 0.272 e. The number of nitrogens with two attached hydrogens (primary N) is 3. The van der Waals surface area contributed by atoms with Gasteiger partial charge in [-0.1, -0.05) is 0 Å². The minimum Gasteiger partial charge on any atom is -0.349 e. The summed E-state index contributed by atoms with van der Waals surface area (Å²) in [6.07, 6.45) is 9.44. The summed E-state index contributed by atoms with van der Waals surface area (Å²) >= 11 is 0. The maximum atomic E-state index is 13.5. The van der Waals surface area contributed by atoms with Crippen LogP contribution >= 0.6 is 0 Å². The SMILES string of the molecule is Cn1cc(NC(=O)c2cc(NC(=O)CN)cn2C)cc1C(=O)NCCN(CCNC(=O)c1cc(NC(=O)c2cc(NC(=O)CN)cn2C)cn1C)CCNC(=O)c1cc(NC(=O)c2cc(NC(=O)CN)cn2C)cn1C. The van der Waals surface area contributed by atoms with Gasteiger partial charge < -0.3 is 92.5 Å². The molecule has 6 heterocycles. The number of rotatable bonds is 24. The van der Waals surface area contributed by atoms with Gasteiger partial charge in [0.05, 0.1) is 53.8 Å². The summed E-state index contributed by atoms with van der Waals surface area (Å²) in [6.45, 7) is 0.574. The number of carbonyl (C=O) groups excluding carboxylic acids is 9. The largest absolute Gasteiger partial charge is 0.349 e. The molecule has 15 N–H and O–H groups in total. The number of aromatic nitrogens is 6. The van der Waals surface area contributed by atoms with Gasteiger partial charge >= 0.3 is 0 Å². The lowest BCUT2D eigenvalue weighted by Gasteiger charge is -2.23. The molecule has 404 valence electrons. The van der Waals surface area contributed by atoms with Crippen molar-refractivity contribution < 1.29 is 43.2 Å². The van der Waals surface area contributed by atoms with Crippen LogP contribution in [0.5, 0.6) is 0 Å². The molecule has 0 aliphatic rings. The van der Waals surface area contributed by atoms with E-state index >= 15 is 0 Å². The zero-order chi connectivity index (χ0) is 55.4. The number of amides is 9. The van der Waals surface area contributed by atoms with Crippen molar-refractivity contribution in [2.75, 3.05) is 90.8 Å². The van der Waals surface area contributed by atoms with Crippen LogP contribution in [-0.2, 0) is 56.7 Å². The Morgan fingerprint density at radius 1 is 0.342 bits per heavy atom. The van der Waals surface area contributed by atoms with Gasteiger partial charge in [-0.15, -0.1) is 0 Å². The Morgan fingerprint density at radius 3 is 0.750 bits per heavy atom. The average Bonchev–Trinajstić information content (AvgIpc) is 4.24. The van der Waals surface area contributed by atoms with E-state index in [4.69, 9.17) is 17.2 Å². The van der Waals surface area contributed by atoms with Crippen LogP contribution in [0, 0.1) is 0 Å². The van der Waals surface area contributed by atoms with Crippen molar-refractivity contribution >= 4 is 87.3 Å². The molecule has 0 spiro atoms. The van der Waals surface area contributed by atoms with Crippen LogP contribution in [0.4, 0.5) is 34.1 Å². The summed E-state index contributed by atoms with van der Waals surface area (Å²) in [7, 11) is 9.87. The van der Waals surface area contributed by atoms with Gasteiger partial charge in [-0.3, -0.25) is 48.1 Å². The van der Waals surface area contributed by atoms with E-state index in [0.29, 0.717) is 34.1 Å². The molecule has 0 radical (unpaired) electrons. The predicted octanol–water partition coefficient (Wildman–Crippen LogP) is -0.942. The fourth-order valence-electron chi connectivity index (χ4n) is 7.96. The zero-order valence-electron chi connectivity index (χ0n) is 42.8. The van der Waals surface area contributed by atoms with Gasteiger partial charge in [-0.2, -0.15) is 0 Å². The summed E-state index contributed by atoms with van der Waals surface area (Å²) < 4.78 is 9.28. The first-order valence-electron chi connectivity index (χ1n) is 23.7. The van der Waals surface area contributed by atoms with Crippen LogP contribution in [0.3, 0.4) is 0 Å². The molecule has 6 aromatic rings. The highest BCUT2D eigenvalue weighted by Gasteiger charge is 2.21. The molecule has 6 aromatic heterocycles. The summed E-state index contributed by atoms with van der Waals surface area (Å²) in [5.74, 6) is -4.01. The van der Waals surface area contributed by atoms with Gasteiger partial charge in [-0.05, 0) is 36.4 Å². The number of hydrogen-bond acceptors (Lipinski definition) is 13. The number of anilines is 6. The monoisotopic (exact) mass is 1050 g/mol. The molecular weight excluding hydrogens is 987 g/mol. The van der Waals surface area contributed by atoms with Gasteiger partial charge in [-0.25, -0.2) is 0 Å². The Morgan fingerprint density at radius 2 is 0.539 bits per heavy atom. The summed E-state index contributed by atoms with van der Waals surface area (Å²) in [5.41, 5.74) is 19.9. The minimum atomic E-state index is -0.481. The van der Waals surface area contributed by atoms with Crippen molar-refractivity contribution in [1.29, 1.82) is 0 Å². The van der Waals surface area contributed by atoms with Gasteiger partial charge in [0.1, 0.15) is 34.2 Å². The van der Waals surface area contributed by atoms with E-state index < -0.39 is 53.2 Å². The van der Waals surface area contributed by atoms with Crippen LogP contribution in [0.2, 0.25) is 0 Å². The topological polar surface area (TPSA) is 373 Å². The Labute approximate surface area is 435 Å². The number of aryl methyl sites for hydroxylation is 6. The Bertz CT molecular complexity index is 2840. The fraction of sp³-hybridized carbons (Fsp3) is 0.312. The maximum absolute atomic E-state index is 13.5. The molecule has 0 aromatic carbocycles. The lowest BCUT2D eigenvalue weighted by Crippen LogP contribution is -2.43. The second-order valence-corrected chi connectivity index (χ2v) is 17.6. The van der Waals surface area contributed by atoms with Crippen molar-refractivity contribution in [3.05, 3.63) is 108 Å². The molecular formula is C48H63N19O9. The summed E-state index contributed by atoms with van der Waals surface area (Å²) in [5, 5.41) is 24.8. The van der Waals surface area contributed by atoms with Gasteiger partial charge in [0, 0.05) is 119 Å². The first-order valence-corrected chi connectivity index (χ1v) is 23.7. The minimum absolute atomic E-state index is 0.139. The second kappa shape index (κ2) is 25.1. The van der Waals surface area contributed by atoms with Crippen LogP contribution in [-0.4, -0.2) is 144 Å². The molecule has 0 bridgehead atoms. The third kappa shape index (κ3) is 14.5. The lowest BCUT2D eigenvalue weighted by atomic mass is 10.3. The van der Waals surface area contributed by atoms with E-state index in [1.165, 1.54) is 50.1 Å². The van der Waals surface area contributed by atoms with Crippen LogP contribution < -0.4 is 65.1 Å². The molecule has 28 heteroatoms. The predicted molar refractivity (Wildman–Crippen MR) is 283 cm³/mol. The zero-order valence-corrected chi connectivity index (χ0v) is 42.8. The van der Waals surface area contributed by atoms with Crippen molar-refractivity contribution in [3.8, 4) is 0 Å². The highest BCUT2D eigenvalue weighted by Crippen LogP contribution is 2.21. The molecule has 0 saturated heterocycles. The Hall–Kier alpha value is -9.25. The number of hydrogen-bond donors (Lipinski definition) is 12. The van der Waals surface area contributed by atoms with Crippen LogP contribution in [0.1, 0.15) is 62.9 Å². The van der Waals surface area contributed by atoms with Crippen LogP contribution in [0.25, 0.3) is 0 Å². The van der Waals surface area contributed by atoms with Crippen molar-refractivity contribution in [1.82, 2.24) is 48.3 Å². The lowest BCUT2D eigenvalue weighted by molar-refractivity contribution is -0.115. The van der Waals surface area contributed by atoms with E-state index in [0.717, 1.165) is 0 Å². The standard InChI is InChI=1S/C48H63N19O9/c1-61-25-31(58-46(74)37-13-28(22-64(37)4)55-40(68)19-49)16-34(61)43(71)52-7-10-67(11-8-53-44(72)35-17-32(26-62(35)2)59-47(75)38-14-29(23-65(38)5)56-41(69)20-50)12-9-54-45(73)36-18-33(27-63(36)3)60-48(76)39-15-30(24-66(39)6)57-42(70)21-51/h13-18,22-27H,7-12,19-21,49-51H2,1-6H3,(H,52,71)(H,53,72)(H,54,73)(H,55,68)(H,56,69)(H,57,70)(H,58,74)(H,59,75)(H,60,76). The van der Waals surface area contributed by atoms with Crippen LogP contribution in [0.15, 0.2) is 73.6 Å².